The normalized spacial score (nSPS) is 42.4. The minimum Gasteiger partial charge on any atom is -0.497 e. The highest BCUT2D eigenvalue weighted by atomic mass is 32.2. The van der Waals surface area contributed by atoms with Gasteiger partial charge in [0.1, 0.15) is 6.61 Å². The first kappa shape index (κ1) is 10.7. The molecule has 0 bridgehead atoms. The van der Waals surface area contributed by atoms with Gasteiger partial charge in [0, 0.05) is 6.61 Å². The molecular formula is C10H16O2S2. The molecule has 1 fully saturated rings. The van der Waals surface area contributed by atoms with Crippen LogP contribution in [0.2, 0.25) is 0 Å². The van der Waals surface area contributed by atoms with Crippen LogP contribution in [0.1, 0.15) is 20.3 Å². The number of hydrogen-bond acceptors (Lipinski definition) is 4. The molecule has 1 saturated heterocycles. The van der Waals surface area contributed by atoms with Gasteiger partial charge in [-0.2, -0.15) is 12.6 Å². The molecule has 2 aliphatic heterocycles. The van der Waals surface area contributed by atoms with Gasteiger partial charge in [-0.3, -0.25) is 0 Å². The van der Waals surface area contributed by atoms with E-state index in [2.05, 4.69) is 13.0 Å². The first-order valence-electron chi connectivity index (χ1n) is 4.93. The fourth-order valence-electron chi connectivity index (χ4n) is 1.77. The van der Waals surface area contributed by atoms with Gasteiger partial charge in [-0.15, -0.1) is 11.8 Å². The number of hydrogen-bond donors (Lipinski definition) is 1. The van der Waals surface area contributed by atoms with Crippen molar-refractivity contribution in [2.45, 2.75) is 35.7 Å². The molecule has 0 aromatic rings. The summed E-state index contributed by atoms with van der Waals surface area (Å²) in [7, 11) is 0. The van der Waals surface area contributed by atoms with E-state index >= 15 is 0 Å². The van der Waals surface area contributed by atoms with Crippen molar-refractivity contribution in [1.82, 2.24) is 0 Å². The largest absolute Gasteiger partial charge is 0.497 e. The van der Waals surface area contributed by atoms with Crippen molar-refractivity contribution in [2.24, 2.45) is 0 Å². The average Bonchev–Trinajstić information content (AvgIpc) is 2.62. The lowest BCUT2D eigenvalue weighted by Crippen LogP contribution is -2.28. The molecular weight excluding hydrogens is 216 g/mol. The van der Waals surface area contributed by atoms with E-state index in [1.807, 2.05) is 18.7 Å². The van der Waals surface area contributed by atoms with Crippen molar-refractivity contribution in [3.63, 3.8) is 0 Å². The van der Waals surface area contributed by atoms with Gasteiger partial charge in [0.25, 0.3) is 0 Å². The van der Waals surface area contributed by atoms with Gasteiger partial charge in [0.05, 0.1) is 21.2 Å². The molecule has 3 atom stereocenters. The second-order valence-corrected chi connectivity index (χ2v) is 6.52. The van der Waals surface area contributed by atoms with E-state index in [4.69, 9.17) is 22.1 Å². The van der Waals surface area contributed by atoms with E-state index in [-0.39, 0.29) is 10.2 Å². The summed E-state index contributed by atoms with van der Waals surface area (Å²) in [5.41, 5.74) is 0. The van der Waals surface area contributed by atoms with E-state index in [0.717, 1.165) is 25.4 Å². The maximum absolute atomic E-state index is 5.55. The number of ether oxygens (including phenoxy) is 2. The quantitative estimate of drug-likeness (QED) is 0.583. The summed E-state index contributed by atoms with van der Waals surface area (Å²) in [6.45, 7) is 5.71. The van der Waals surface area contributed by atoms with E-state index in [1.165, 1.54) is 0 Å². The zero-order valence-electron chi connectivity index (χ0n) is 8.53. The summed E-state index contributed by atoms with van der Waals surface area (Å²) in [6.07, 6.45) is 3.42. The number of thiol groups is 1. The van der Waals surface area contributed by atoms with Gasteiger partial charge in [-0.05, 0) is 26.3 Å². The summed E-state index contributed by atoms with van der Waals surface area (Å²) in [5, 5.41) is 0.441. The zero-order chi connectivity index (χ0) is 10.2. The molecule has 0 aromatic heterocycles. The molecule has 80 valence electrons. The maximum Gasteiger partial charge on any atom is 0.103 e. The van der Waals surface area contributed by atoms with Crippen LogP contribution in [0.5, 0.6) is 0 Å². The fraction of sp³-hybridized carbons (Fsp3) is 0.800. The Bertz CT molecular complexity index is 255. The third-order valence-electron chi connectivity index (χ3n) is 2.71. The van der Waals surface area contributed by atoms with Crippen molar-refractivity contribution in [2.75, 3.05) is 13.2 Å². The van der Waals surface area contributed by atoms with E-state index in [9.17, 15) is 0 Å². The van der Waals surface area contributed by atoms with Crippen molar-refractivity contribution < 1.29 is 9.47 Å². The number of thioether (sulfide) groups is 1. The molecule has 4 heteroatoms. The van der Waals surface area contributed by atoms with Crippen LogP contribution >= 0.6 is 24.4 Å². The van der Waals surface area contributed by atoms with Gasteiger partial charge < -0.3 is 9.47 Å². The second kappa shape index (κ2) is 3.99. The minimum absolute atomic E-state index is 0.0326. The van der Waals surface area contributed by atoms with Crippen molar-refractivity contribution in [1.29, 1.82) is 0 Å². The van der Waals surface area contributed by atoms with Crippen LogP contribution in [-0.4, -0.2) is 28.6 Å². The Kier molecular flexibility index (Phi) is 3.05. The molecule has 2 aliphatic rings. The molecule has 0 radical (unpaired) electrons. The van der Waals surface area contributed by atoms with Crippen LogP contribution in [0.25, 0.3) is 0 Å². The maximum atomic E-state index is 5.55. The van der Waals surface area contributed by atoms with Gasteiger partial charge in [0.2, 0.25) is 0 Å². The molecule has 3 unspecified atom stereocenters. The third-order valence-corrected chi connectivity index (χ3v) is 5.14. The molecule has 0 N–H and O–H groups in total. The summed E-state index contributed by atoms with van der Waals surface area (Å²) in [4.78, 5) is 0. The highest BCUT2D eigenvalue weighted by Gasteiger charge is 2.41. The van der Waals surface area contributed by atoms with Crippen LogP contribution in [0.3, 0.4) is 0 Å². The Labute approximate surface area is 94.8 Å². The Morgan fingerprint density at radius 1 is 1.64 bits per heavy atom. The highest BCUT2D eigenvalue weighted by Crippen LogP contribution is 2.45. The highest BCUT2D eigenvalue weighted by molar-refractivity contribution is 8.12. The van der Waals surface area contributed by atoms with Crippen molar-refractivity contribution >= 4 is 24.4 Å². The number of rotatable bonds is 2. The van der Waals surface area contributed by atoms with E-state index in [1.54, 1.807) is 0 Å². The predicted octanol–water partition coefficient (Wildman–Crippen LogP) is 2.46. The van der Waals surface area contributed by atoms with Crippen LogP contribution in [0, 0.1) is 0 Å². The van der Waals surface area contributed by atoms with E-state index in [0.29, 0.717) is 5.25 Å². The molecule has 0 saturated carbocycles. The van der Waals surface area contributed by atoms with Crippen LogP contribution in [-0.2, 0) is 9.47 Å². The minimum atomic E-state index is -0.0326. The molecule has 2 heterocycles. The standard InChI is InChI=1S/C10H16O2S2/c1-7-5-9(6-12-7)14-10(13)3-4-11-8(10)2/h5,8-9,13H,3-4,6H2,1-2H3. The Balaban J connectivity index is 1.96. The monoisotopic (exact) mass is 232 g/mol. The molecule has 2 nitrogen and oxygen atoms in total. The second-order valence-electron chi connectivity index (χ2n) is 3.85. The molecule has 2 rings (SSSR count). The van der Waals surface area contributed by atoms with Crippen molar-refractivity contribution in [3.8, 4) is 0 Å². The Morgan fingerprint density at radius 3 is 2.93 bits per heavy atom. The topological polar surface area (TPSA) is 18.5 Å². The van der Waals surface area contributed by atoms with Crippen LogP contribution in [0.4, 0.5) is 0 Å². The molecule has 0 aromatic carbocycles. The van der Waals surface area contributed by atoms with Gasteiger partial charge in [-0.25, -0.2) is 0 Å². The fourth-order valence-corrected chi connectivity index (χ4v) is 3.72. The lowest BCUT2D eigenvalue weighted by molar-refractivity contribution is 0.124. The molecule has 0 aliphatic carbocycles. The van der Waals surface area contributed by atoms with Gasteiger partial charge in [-0.1, -0.05) is 0 Å². The third kappa shape index (κ3) is 2.07. The molecule has 0 amide bonds. The lowest BCUT2D eigenvalue weighted by Gasteiger charge is -2.27. The molecule has 0 spiro atoms. The van der Waals surface area contributed by atoms with E-state index < -0.39 is 0 Å². The first-order valence-corrected chi connectivity index (χ1v) is 6.26. The Hall–Kier alpha value is 0.200. The number of allylic oxidation sites excluding steroid dienone is 1. The SMILES string of the molecule is CC1=CC(SC2(S)CCOC2C)CO1. The van der Waals surface area contributed by atoms with Crippen LogP contribution < -0.4 is 0 Å². The zero-order valence-corrected chi connectivity index (χ0v) is 10.2. The lowest BCUT2D eigenvalue weighted by atomic mass is 10.2. The summed E-state index contributed by atoms with van der Waals surface area (Å²) in [5.74, 6) is 1.03. The summed E-state index contributed by atoms with van der Waals surface area (Å²) in [6, 6.07) is 0. The average molecular weight is 232 g/mol. The van der Waals surface area contributed by atoms with Crippen molar-refractivity contribution in [3.05, 3.63) is 11.8 Å². The Morgan fingerprint density at radius 2 is 2.43 bits per heavy atom. The van der Waals surface area contributed by atoms with Crippen LogP contribution in [0.15, 0.2) is 11.8 Å². The smallest absolute Gasteiger partial charge is 0.103 e. The van der Waals surface area contributed by atoms with Gasteiger partial charge >= 0.3 is 0 Å². The summed E-state index contributed by atoms with van der Waals surface area (Å²) < 4.78 is 10.9. The van der Waals surface area contributed by atoms with Gasteiger partial charge in [0.15, 0.2) is 0 Å². The predicted molar refractivity (Wildman–Crippen MR) is 62.8 cm³/mol. The molecule has 14 heavy (non-hydrogen) atoms. The summed E-state index contributed by atoms with van der Waals surface area (Å²) >= 11 is 6.60. The first-order chi connectivity index (χ1) is 6.60.